The third-order valence-corrected chi connectivity index (χ3v) is 3.58. The Kier molecular flexibility index (Phi) is 4.27. The average molecular weight is 276 g/mol. The summed E-state index contributed by atoms with van der Waals surface area (Å²) < 4.78 is 0. The fourth-order valence-corrected chi connectivity index (χ4v) is 2.20. The fourth-order valence-electron chi connectivity index (χ4n) is 2.20. The van der Waals surface area contributed by atoms with Crippen molar-refractivity contribution in [1.29, 1.82) is 0 Å². The maximum Gasteiger partial charge on any atom is 0.324 e. The third kappa shape index (κ3) is 3.29. The molecule has 1 aliphatic carbocycles. The van der Waals surface area contributed by atoms with Crippen LogP contribution in [0.5, 0.6) is 0 Å². The van der Waals surface area contributed by atoms with Crippen molar-refractivity contribution >= 4 is 17.7 Å². The van der Waals surface area contributed by atoms with Gasteiger partial charge >= 0.3 is 12.0 Å². The second-order valence-electron chi connectivity index (χ2n) is 5.21. The first kappa shape index (κ1) is 14.4. The molecule has 1 aromatic rings. The Morgan fingerprint density at radius 2 is 1.95 bits per heavy atom. The number of urea groups is 1. The number of hydrogen-bond acceptors (Lipinski definition) is 2. The lowest BCUT2D eigenvalue weighted by Gasteiger charge is -2.29. The molecule has 5 heteroatoms. The van der Waals surface area contributed by atoms with Gasteiger partial charge in [-0.15, -0.1) is 0 Å². The van der Waals surface area contributed by atoms with Gasteiger partial charge < -0.3 is 10.0 Å². The van der Waals surface area contributed by atoms with Crippen molar-refractivity contribution in [3.05, 3.63) is 29.8 Å². The van der Waals surface area contributed by atoms with Crippen LogP contribution in [0.3, 0.4) is 0 Å². The van der Waals surface area contributed by atoms with Gasteiger partial charge in [-0.3, -0.25) is 9.69 Å². The normalized spacial score (nSPS) is 13.9. The molecule has 1 aromatic carbocycles. The minimum absolute atomic E-state index is 0.0570. The molecule has 0 aliphatic heterocycles. The monoisotopic (exact) mass is 276 g/mol. The van der Waals surface area contributed by atoms with Crippen LogP contribution in [0.25, 0.3) is 0 Å². The maximum absolute atomic E-state index is 12.5. The first-order chi connectivity index (χ1) is 9.50. The van der Waals surface area contributed by atoms with E-state index in [1.165, 1.54) is 0 Å². The van der Waals surface area contributed by atoms with Gasteiger partial charge in [0.25, 0.3) is 0 Å². The van der Waals surface area contributed by atoms with Gasteiger partial charge in [-0.25, -0.2) is 4.79 Å². The van der Waals surface area contributed by atoms with E-state index in [1.807, 2.05) is 31.2 Å². The number of anilines is 1. The van der Waals surface area contributed by atoms with Gasteiger partial charge in [0.15, 0.2) is 0 Å². The molecule has 0 bridgehead atoms. The van der Waals surface area contributed by atoms with E-state index in [0.717, 1.165) is 24.1 Å². The molecule has 0 aromatic heterocycles. The number of hydrogen-bond donors (Lipinski definition) is 1. The summed E-state index contributed by atoms with van der Waals surface area (Å²) in [7, 11) is 1.78. The van der Waals surface area contributed by atoms with Gasteiger partial charge in [-0.1, -0.05) is 18.2 Å². The first-order valence-electron chi connectivity index (χ1n) is 6.82. The topological polar surface area (TPSA) is 60.9 Å². The summed E-state index contributed by atoms with van der Waals surface area (Å²) in [5.41, 5.74) is 1.75. The SMILES string of the molecule is Cc1ccccc1N(CCC(=O)O)C(=O)N(C)C1CC1. The molecule has 20 heavy (non-hydrogen) atoms. The number of carboxylic acid groups (broad SMARTS) is 1. The quantitative estimate of drug-likeness (QED) is 0.898. The number of nitrogens with zero attached hydrogens (tertiary/aromatic N) is 2. The zero-order valence-electron chi connectivity index (χ0n) is 11.9. The molecular formula is C15H20N2O3. The summed E-state index contributed by atoms with van der Waals surface area (Å²) in [6.45, 7) is 2.11. The highest BCUT2D eigenvalue weighted by molar-refractivity contribution is 5.93. The van der Waals surface area contributed by atoms with Crippen molar-refractivity contribution in [3.63, 3.8) is 0 Å². The van der Waals surface area contributed by atoms with Crippen molar-refractivity contribution < 1.29 is 14.7 Å². The summed E-state index contributed by atoms with van der Waals surface area (Å²) in [5.74, 6) is -0.898. The predicted octanol–water partition coefficient (Wildman–Crippen LogP) is 2.49. The van der Waals surface area contributed by atoms with Crippen LogP contribution in [-0.2, 0) is 4.79 Å². The van der Waals surface area contributed by atoms with Crippen LogP contribution in [0, 0.1) is 6.92 Å². The molecule has 1 aliphatic rings. The number of carbonyl (C=O) groups excluding carboxylic acids is 1. The number of carboxylic acids is 1. The molecule has 108 valence electrons. The van der Waals surface area contributed by atoms with Crippen LogP contribution in [0.2, 0.25) is 0 Å². The Balaban J connectivity index is 2.21. The lowest BCUT2D eigenvalue weighted by atomic mass is 10.2. The highest BCUT2D eigenvalue weighted by Gasteiger charge is 2.32. The minimum Gasteiger partial charge on any atom is -0.481 e. The molecule has 2 amide bonds. The zero-order valence-corrected chi connectivity index (χ0v) is 11.9. The van der Waals surface area contributed by atoms with E-state index in [-0.39, 0.29) is 19.0 Å². The van der Waals surface area contributed by atoms with Gasteiger partial charge in [0.1, 0.15) is 0 Å². The molecule has 0 unspecified atom stereocenters. The second-order valence-corrected chi connectivity index (χ2v) is 5.21. The molecule has 0 radical (unpaired) electrons. The van der Waals surface area contributed by atoms with Crippen molar-refractivity contribution in [2.24, 2.45) is 0 Å². The zero-order chi connectivity index (χ0) is 14.7. The fraction of sp³-hybridized carbons (Fsp3) is 0.467. The lowest BCUT2D eigenvalue weighted by Crippen LogP contribution is -2.43. The molecule has 1 saturated carbocycles. The number of benzene rings is 1. The largest absolute Gasteiger partial charge is 0.481 e. The van der Waals surface area contributed by atoms with Crippen molar-refractivity contribution in [1.82, 2.24) is 4.90 Å². The highest BCUT2D eigenvalue weighted by Crippen LogP contribution is 2.28. The molecule has 2 rings (SSSR count). The van der Waals surface area contributed by atoms with E-state index < -0.39 is 5.97 Å². The number of para-hydroxylation sites is 1. The second kappa shape index (κ2) is 5.94. The first-order valence-corrected chi connectivity index (χ1v) is 6.82. The van der Waals surface area contributed by atoms with E-state index >= 15 is 0 Å². The molecule has 0 heterocycles. The van der Waals surface area contributed by atoms with Gasteiger partial charge in [-0.2, -0.15) is 0 Å². The number of carbonyl (C=O) groups is 2. The van der Waals surface area contributed by atoms with Crippen molar-refractivity contribution in [2.75, 3.05) is 18.5 Å². The predicted molar refractivity (Wildman–Crippen MR) is 77.0 cm³/mol. The van der Waals surface area contributed by atoms with E-state index in [4.69, 9.17) is 5.11 Å². The molecule has 5 nitrogen and oxygen atoms in total. The van der Waals surface area contributed by atoms with Crippen LogP contribution in [0.15, 0.2) is 24.3 Å². The number of aliphatic carboxylic acids is 1. The van der Waals surface area contributed by atoms with Gasteiger partial charge in [0.2, 0.25) is 0 Å². The van der Waals surface area contributed by atoms with Gasteiger partial charge in [0.05, 0.1) is 6.42 Å². The van der Waals surface area contributed by atoms with Crippen LogP contribution < -0.4 is 4.90 Å². The van der Waals surface area contributed by atoms with Crippen molar-refractivity contribution in [2.45, 2.75) is 32.2 Å². The Morgan fingerprint density at radius 1 is 1.30 bits per heavy atom. The summed E-state index contributed by atoms with van der Waals surface area (Å²) in [6, 6.07) is 7.73. The van der Waals surface area contributed by atoms with E-state index in [2.05, 4.69) is 0 Å². The summed E-state index contributed by atoms with van der Waals surface area (Å²) in [4.78, 5) is 26.6. The van der Waals surface area contributed by atoms with Crippen LogP contribution in [0.1, 0.15) is 24.8 Å². The summed E-state index contributed by atoms with van der Waals surface area (Å²) in [5, 5.41) is 8.87. The molecule has 0 atom stereocenters. The third-order valence-electron chi connectivity index (χ3n) is 3.58. The van der Waals surface area contributed by atoms with Crippen LogP contribution in [0.4, 0.5) is 10.5 Å². The van der Waals surface area contributed by atoms with Crippen LogP contribution >= 0.6 is 0 Å². The maximum atomic E-state index is 12.5. The number of rotatable bonds is 5. The average Bonchev–Trinajstić information content (AvgIpc) is 3.23. The molecular weight excluding hydrogens is 256 g/mol. The molecule has 0 saturated heterocycles. The molecule has 0 spiro atoms. The number of aryl methyl sites for hydroxylation is 1. The van der Waals surface area contributed by atoms with Crippen LogP contribution in [-0.4, -0.2) is 41.6 Å². The standard InChI is InChI=1S/C15H20N2O3/c1-11-5-3-4-6-13(11)17(10-9-14(18)19)15(20)16(2)12-7-8-12/h3-6,12H,7-10H2,1-2H3,(H,18,19). The van der Waals surface area contributed by atoms with E-state index in [9.17, 15) is 9.59 Å². The van der Waals surface area contributed by atoms with Gasteiger partial charge in [-0.05, 0) is 31.4 Å². The molecule has 1 N–H and O–H groups in total. The summed E-state index contributed by atoms with van der Waals surface area (Å²) >= 11 is 0. The van der Waals surface area contributed by atoms with E-state index in [1.54, 1.807) is 16.8 Å². The Bertz CT molecular complexity index is 512. The highest BCUT2D eigenvalue weighted by atomic mass is 16.4. The Labute approximate surface area is 118 Å². The smallest absolute Gasteiger partial charge is 0.324 e. The summed E-state index contributed by atoms with van der Waals surface area (Å²) in [6.07, 6.45) is 2.00. The number of amides is 2. The minimum atomic E-state index is -0.898. The Morgan fingerprint density at radius 3 is 2.50 bits per heavy atom. The lowest BCUT2D eigenvalue weighted by molar-refractivity contribution is -0.136. The van der Waals surface area contributed by atoms with E-state index in [0.29, 0.717) is 6.04 Å². The van der Waals surface area contributed by atoms with Gasteiger partial charge in [0, 0.05) is 25.3 Å². The molecule has 1 fully saturated rings. The van der Waals surface area contributed by atoms with Crippen molar-refractivity contribution in [3.8, 4) is 0 Å². The Hall–Kier alpha value is -2.04.